The van der Waals surface area contributed by atoms with Crippen LogP contribution in [0.2, 0.25) is 0 Å². The summed E-state index contributed by atoms with van der Waals surface area (Å²) in [6, 6.07) is 16.6. The third-order valence-corrected chi connectivity index (χ3v) is 4.68. The van der Waals surface area contributed by atoms with Gasteiger partial charge in [-0.25, -0.2) is 0 Å². The van der Waals surface area contributed by atoms with Crippen LogP contribution in [0.3, 0.4) is 0 Å². The SMILES string of the molecule is O=C(NCc1noc(C2CC2)n1)c1ccccc1-c1nc(-c2ccccc2)no1. The van der Waals surface area contributed by atoms with Gasteiger partial charge in [0.05, 0.1) is 17.7 Å². The Bertz CT molecular complexity index is 1150. The summed E-state index contributed by atoms with van der Waals surface area (Å²) in [7, 11) is 0. The van der Waals surface area contributed by atoms with Crippen molar-refractivity contribution in [2.24, 2.45) is 0 Å². The Balaban J connectivity index is 1.34. The van der Waals surface area contributed by atoms with Gasteiger partial charge in [-0.2, -0.15) is 9.97 Å². The van der Waals surface area contributed by atoms with Crippen LogP contribution in [0.4, 0.5) is 0 Å². The summed E-state index contributed by atoms with van der Waals surface area (Å²) in [5, 5.41) is 10.8. The number of hydrogen-bond acceptors (Lipinski definition) is 7. The van der Waals surface area contributed by atoms with Gasteiger partial charge in [0.15, 0.2) is 5.82 Å². The Hall–Kier alpha value is -3.81. The van der Waals surface area contributed by atoms with Gasteiger partial charge in [0.25, 0.3) is 11.8 Å². The minimum Gasteiger partial charge on any atom is -0.345 e. The lowest BCUT2D eigenvalue weighted by molar-refractivity contribution is 0.0950. The first-order valence-electron chi connectivity index (χ1n) is 9.37. The molecule has 4 aromatic rings. The van der Waals surface area contributed by atoms with Crippen molar-refractivity contribution in [3.05, 3.63) is 71.9 Å². The van der Waals surface area contributed by atoms with E-state index in [9.17, 15) is 4.79 Å². The predicted molar refractivity (Wildman–Crippen MR) is 103 cm³/mol. The molecule has 1 fully saturated rings. The molecule has 0 aliphatic heterocycles. The third-order valence-electron chi connectivity index (χ3n) is 4.68. The Morgan fingerprint density at radius 3 is 2.59 bits per heavy atom. The molecule has 144 valence electrons. The van der Waals surface area contributed by atoms with Gasteiger partial charge in [-0.15, -0.1) is 0 Å². The van der Waals surface area contributed by atoms with Crippen LogP contribution in [0.25, 0.3) is 22.8 Å². The summed E-state index contributed by atoms with van der Waals surface area (Å²) in [5.74, 6) is 1.96. The van der Waals surface area contributed by atoms with E-state index >= 15 is 0 Å². The molecule has 2 heterocycles. The largest absolute Gasteiger partial charge is 0.345 e. The van der Waals surface area contributed by atoms with Crippen molar-refractivity contribution in [2.45, 2.75) is 25.3 Å². The number of nitrogens with one attached hydrogen (secondary N) is 1. The number of nitrogens with zero attached hydrogens (tertiary/aromatic N) is 4. The average Bonchev–Trinajstić information content (AvgIpc) is 3.31. The monoisotopic (exact) mass is 387 g/mol. The van der Waals surface area contributed by atoms with Gasteiger partial charge in [0, 0.05) is 11.5 Å². The molecule has 0 atom stereocenters. The van der Waals surface area contributed by atoms with Gasteiger partial charge >= 0.3 is 0 Å². The van der Waals surface area contributed by atoms with Gasteiger partial charge in [0.2, 0.25) is 11.7 Å². The summed E-state index contributed by atoms with van der Waals surface area (Å²) in [5.41, 5.74) is 1.83. The van der Waals surface area contributed by atoms with E-state index in [1.807, 2.05) is 36.4 Å². The highest BCUT2D eigenvalue weighted by Crippen LogP contribution is 2.38. The molecule has 0 spiro atoms. The first kappa shape index (κ1) is 17.3. The van der Waals surface area contributed by atoms with Crippen molar-refractivity contribution >= 4 is 5.91 Å². The second kappa shape index (κ2) is 7.31. The van der Waals surface area contributed by atoms with Gasteiger partial charge < -0.3 is 14.4 Å². The molecule has 8 nitrogen and oxygen atoms in total. The Morgan fingerprint density at radius 2 is 1.76 bits per heavy atom. The first-order valence-corrected chi connectivity index (χ1v) is 9.37. The van der Waals surface area contributed by atoms with E-state index in [1.54, 1.807) is 18.2 Å². The molecule has 2 aromatic carbocycles. The molecule has 0 saturated heterocycles. The quantitative estimate of drug-likeness (QED) is 0.539. The molecule has 1 saturated carbocycles. The standard InChI is InChI=1S/C21H17N5O3/c27-19(22-12-17-23-20(28-25-17)14-10-11-14)15-8-4-5-9-16(15)21-24-18(26-29-21)13-6-2-1-3-7-13/h1-9,14H,10-12H2,(H,22,27). The van der Waals surface area contributed by atoms with E-state index in [1.165, 1.54) is 0 Å². The molecule has 1 N–H and O–H groups in total. The molecule has 0 bridgehead atoms. The van der Waals surface area contributed by atoms with E-state index in [4.69, 9.17) is 9.05 Å². The molecular formula is C21H17N5O3. The van der Waals surface area contributed by atoms with Crippen molar-refractivity contribution in [2.75, 3.05) is 0 Å². The number of carbonyl (C=O) groups excluding carboxylic acids is 1. The smallest absolute Gasteiger partial charge is 0.259 e. The highest BCUT2D eigenvalue weighted by molar-refractivity contribution is 5.99. The normalized spacial score (nSPS) is 13.4. The molecular weight excluding hydrogens is 370 g/mol. The number of amides is 1. The molecule has 0 unspecified atom stereocenters. The van der Waals surface area contributed by atoms with E-state index in [2.05, 4.69) is 25.6 Å². The summed E-state index contributed by atoms with van der Waals surface area (Å²) in [4.78, 5) is 21.5. The zero-order chi connectivity index (χ0) is 19.6. The predicted octanol–water partition coefficient (Wildman–Crippen LogP) is 3.59. The maximum Gasteiger partial charge on any atom is 0.259 e. The van der Waals surface area contributed by atoms with E-state index in [-0.39, 0.29) is 18.3 Å². The third kappa shape index (κ3) is 3.64. The second-order valence-corrected chi connectivity index (χ2v) is 6.84. The maximum atomic E-state index is 12.8. The highest BCUT2D eigenvalue weighted by Gasteiger charge is 2.29. The lowest BCUT2D eigenvalue weighted by atomic mass is 10.1. The zero-order valence-corrected chi connectivity index (χ0v) is 15.4. The van der Waals surface area contributed by atoms with Crippen LogP contribution in [0.15, 0.2) is 63.6 Å². The number of benzene rings is 2. The van der Waals surface area contributed by atoms with Crippen LogP contribution in [-0.2, 0) is 6.54 Å². The lowest BCUT2D eigenvalue weighted by Gasteiger charge is -2.06. The fourth-order valence-electron chi connectivity index (χ4n) is 2.99. The van der Waals surface area contributed by atoms with Gasteiger partial charge in [-0.1, -0.05) is 52.8 Å². The molecule has 5 rings (SSSR count). The van der Waals surface area contributed by atoms with Crippen LogP contribution in [-0.4, -0.2) is 26.2 Å². The van der Waals surface area contributed by atoms with Crippen molar-refractivity contribution < 1.29 is 13.8 Å². The van der Waals surface area contributed by atoms with Gasteiger partial charge in [-0.05, 0) is 25.0 Å². The van der Waals surface area contributed by atoms with Crippen molar-refractivity contribution in [3.8, 4) is 22.8 Å². The van der Waals surface area contributed by atoms with Crippen LogP contribution in [0, 0.1) is 0 Å². The van der Waals surface area contributed by atoms with Crippen molar-refractivity contribution in [3.63, 3.8) is 0 Å². The first-order chi connectivity index (χ1) is 14.3. The molecule has 1 aliphatic rings. The van der Waals surface area contributed by atoms with Gasteiger partial charge in [-0.3, -0.25) is 4.79 Å². The molecule has 1 amide bonds. The number of rotatable bonds is 6. The topological polar surface area (TPSA) is 107 Å². The Labute approximate surface area is 166 Å². The second-order valence-electron chi connectivity index (χ2n) is 6.84. The zero-order valence-electron chi connectivity index (χ0n) is 15.4. The van der Waals surface area contributed by atoms with E-state index in [0.717, 1.165) is 18.4 Å². The Morgan fingerprint density at radius 1 is 0.966 bits per heavy atom. The van der Waals surface area contributed by atoms with Crippen LogP contribution in [0.5, 0.6) is 0 Å². The number of hydrogen-bond donors (Lipinski definition) is 1. The minimum atomic E-state index is -0.280. The molecule has 29 heavy (non-hydrogen) atoms. The molecule has 0 radical (unpaired) electrons. The summed E-state index contributed by atoms with van der Waals surface area (Å²) < 4.78 is 10.6. The van der Waals surface area contributed by atoms with Crippen LogP contribution < -0.4 is 5.32 Å². The van der Waals surface area contributed by atoms with E-state index in [0.29, 0.717) is 34.6 Å². The van der Waals surface area contributed by atoms with E-state index < -0.39 is 0 Å². The fraction of sp³-hybridized carbons (Fsp3) is 0.190. The minimum absolute atomic E-state index is 0.183. The van der Waals surface area contributed by atoms with Crippen LogP contribution >= 0.6 is 0 Å². The molecule has 1 aliphatic carbocycles. The molecule has 2 aromatic heterocycles. The lowest BCUT2D eigenvalue weighted by Crippen LogP contribution is -2.24. The van der Waals surface area contributed by atoms with Crippen molar-refractivity contribution in [1.82, 2.24) is 25.6 Å². The average molecular weight is 387 g/mol. The number of aromatic nitrogens is 4. The molecule has 8 heteroatoms. The number of carbonyl (C=O) groups is 1. The Kier molecular flexibility index (Phi) is 4.36. The van der Waals surface area contributed by atoms with Crippen LogP contribution in [0.1, 0.15) is 40.8 Å². The summed E-state index contributed by atoms with van der Waals surface area (Å²) in [6.07, 6.45) is 2.16. The summed E-state index contributed by atoms with van der Waals surface area (Å²) in [6.45, 7) is 0.183. The van der Waals surface area contributed by atoms with Crippen molar-refractivity contribution in [1.29, 1.82) is 0 Å². The fourth-order valence-corrected chi connectivity index (χ4v) is 2.99. The van der Waals surface area contributed by atoms with Gasteiger partial charge in [0.1, 0.15) is 0 Å². The maximum absolute atomic E-state index is 12.8. The summed E-state index contributed by atoms with van der Waals surface area (Å²) >= 11 is 0. The highest BCUT2D eigenvalue weighted by atomic mass is 16.5.